The molecule has 0 N–H and O–H groups in total. The van der Waals surface area contributed by atoms with E-state index in [-0.39, 0.29) is 5.78 Å². The molecule has 0 spiro atoms. The molecule has 0 aliphatic heterocycles. The zero-order valence-corrected chi connectivity index (χ0v) is 12.9. The molecule has 0 aliphatic rings. The molecule has 0 aromatic heterocycles. The molecule has 2 aromatic rings. The number of Topliss-reactive ketones (excluding diaryl/α,β-unsaturated/α-hetero) is 1. The molecule has 0 fully saturated rings. The van der Waals surface area contributed by atoms with Gasteiger partial charge in [0.05, 0.1) is 0 Å². The summed E-state index contributed by atoms with van der Waals surface area (Å²) in [5, 5.41) is 0. The van der Waals surface area contributed by atoms with Gasteiger partial charge >= 0.3 is 0 Å². The number of ketones is 1. The Balaban J connectivity index is 1.98. The summed E-state index contributed by atoms with van der Waals surface area (Å²) < 4.78 is 2.04. The van der Waals surface area contributed by atoms with Crippen molar-refractivity contribution in [3.8, 4) is 0 Å². The SMILES string of the molecule is O=C(Cc1ccc(Br)cc1)Cc1cccc(Br)c1. The number of carbonyl (C=O) groups excluding carboxylic acids is 1. The Kier molecular flexibility index (Phi) is 4.72. The van der Waals surface area contributed by atoms with Crippen molar-refractivity contribution in [1.82, 2.24) is 0 Å². The van der Waals surface area contributed by atoms with E-state index in [9.17, 15) is 4.79 Å². The van der Waals surface area contributed by atoms with Crippen LogP contribution in [0.25, 0.3) is 0 Å². The summed E-state index contributed by atoms with van der Waals surface area (Å²) in [6.07, 6.45) is 0.968. The third kappa shape index (κ3) is 4.07. The first-order valence-electron chi connectivity index (χ1n) is 5.64. The highest BCUT2D eigenvalue weighted by Crippen LogP contribution is 2.14. The predicted molar refractivity (Wildman–Crippen MR) is 80.7 cm³/mol. The molecule has 0 radical (unpaired) electrons. The maximum atomic E-state index is 12.0. The van der Waals surface area contributed by atoms with Crippen molar-refractivity contribution in [2.45, 2.75) is 12.8 Å². The Morgan fingerprint density at radius 2 is 1.50 bits per heavy atom. The summed E-state index contributed by atoms with van der Waals surface area (Å²) >= 11 is 6.79. The Morgan fingerprint density at radius 1 is 0.833 bits per heavy atom. The van der Waals surface area contributed by atoms with Crippen LogP contribution in [0.3, 0.4) is 0 Å². The fourth-order valence-corrected chi connectivity index (χ4v) is 2.48. The number of benzene rings is 2. The Bertz CT molecular complexity index is 547. The van der Waals surface area contributed by atoms with E-state index in [1.54, 1.807) is 0 Å². The van der Waals surface area contributed by atoms with Crippen LogP contribution in [-0.4, -0.2) is 5.78 Å². The van der Waals surface area contributed by atoms with Gasteiger partial charge in [0.1, 0.15) is 5.78 Å². The predicted octanol–water partition coefficient (Wildman–Crippen LogP) is 4.57. The van der Waals surface area contributed by atoms with Crippen molar-refractivity contribution in [3.63, 3.8) is 0 Å². The van der Waals surface area contributed by atoms with E-state index in [4.69, 9.17) is 0 Å². The first kappa shape index (κ1) is 13.5. The van der Waals surface area contributed by atoms with Gasteiger partial charge in [-0.05, 0) is 35.4 Å². The van der Waals surface area contributed by atoms with Crippen LogP contribution in [0, 0.1) is 0 Å². The average Bonchev–Trinajstić information content (AvgIpc) is 2.32. The van der Waals surface area contributed by atoms with Gasteiger partial charge in [0.25, 0.3) is 0 Å². The topological polar surface area (TPSA) is 17.1 Å². The van der Waals surface area contributed by atoms with Gasteiger partial charge in [0.2, 0.25) is 0 Å². The maximum absolute atomic E-state index is 12.0. The molecule has 18 heavy (non-hydrogen) atoms. The number of halogens is 2. The van der Waals surface area contributed by atoms with Crippen molar-refractivity contribution in [3.05, 3.63) is 68.6 Å². The van der Waals surface area contributed by atoms with Crippen LogP contribution in [-0.2, 0) is 17.6 Å². The van der Waals surface area contributed by atoms with Gasteiger partial charge in [-0.1, -0.05) is 56.1 Å². The highest BCUT2D eigenvalue weighted by molar-refractivity contribution is 9.10. The lowest BCUT2D eigenvalue weighted by atomic mass is 10.0. The summed E-state index contributed by atoms with van der Waals surface area (Å²) in [6.45, 7) is 0. The van der Waals surface area contributed by atoms with Gasteiger partial charge in [0, 0.05) is 21.8 Å². The number of hydrogen-bond acceptors (Lipinski definition) is 1. The molecule has 0 saturated carbocycles. The molecule has 2 aromatic carbocycles. The molecule has 3 heteroatoms. The van der Waals surface area contributed by atoms with E-state index in [2.05, 4.69) is 31.9 Å². The summed E-state index contributed by atoms with van der Waals surface area (Å²) in [6, 6.07) is 15.7. The van der Waals surface area contributed by atoms with Crippen molar-refractivity contribution < 1.29 is 4.79 Å². The van der Waals surface area contributed by atoms with Crippen LogP contribution < -0.4 is 0 Å². The normalized spacial score (nSPS) is 10.3. The van der Waals surface area contributed by atoms with Crippen molar-refractivity contribution in [1.29, 1.82) is 0 Å². The summed E-state index contributed by atoms with van der Waals surface area (Å²) in [5.74, 6) is 0.232. The van der Waals surface area contributed by atoms with Crippen molar-refractivity contribution in [2.24, 2.45) is 0 Å². The number of carbonyl (C=O) groups is 1. The molecule has 0 unspecified atom stereocenters. The number of rotatable bonds is 4. The summed E-state index contributed by atoms with van der Waals surface area (Å²) in [5.41, 5.74) is 2.10. The second-order valence-corrected chi connectivity index (χ2v) is 5.98. The highest BCUT2D eigenvalue weighted by Gasteiger charge is 2.05. The van der Waals surface area contributed by atoms with Crippen molar-refractivity contribution in [2.75, 3.05) is 0 Å². The molecule has 0 atom stereocenters. The summed E-state index contributed by atoms with van der Waals surface area (Å²) in [7, 11) is 0. The zero-order chi connectivity index (χ0) is 13.0. The minimum atomic E-state index is 0.232. The van der Waals surface area contributed by atoms with Crippen LogP contribution in [0.5, 0.6) is 0 Å². The lowest BCUT2D eigenvalue weighted by Crippen LogP contribution is -2.06. The lowest BCUT2D eigenvalue weighted by molar-refractivity contribution is -0.117. The third-order valence-electron chi connectivity index (χ3n) is 2.60. The van der Waals surface area contributed by atoms with Gasteiger partial charge in [-0.25, -0.2) is 0 Å². The molecule has 0 saturated heterocycles. The smallest absolute Gasteiger partial charge is 0.141 e. The molecule has 0 bridgehead atoms. The second kappa shape index (κ2) is 6.30. The van der Waals surface area contributed by atoms with Crippen LogP contribution in [0.1, 0.15) is 11.1 Å². The van der Waals surface area contributed by atoms with Gasteiger partial charge in [-0.15, -0.1) is 0 Å². The first-order chi connectivity index (χ1) is 8.63. The molecule has 0 amide bonds. The van der Waals surface area contributed by atoms with Crippen LogP contribution in [0.2, 0.25) is 0 Å². The number of hydrogen-bond donors (Lipinski definition) is 0. The Morgan fingerprint density at radius 3 is 2.17 bits per heavy atom. The summed E-state index contributed by atoms with van der Waals surface area (Å²) in [4.78, 5) is 12.0. The molecule has 92 valence electrons. The van der Waals surface area contributed by atoms with E-state index in [0.717, 1.165) is 20.1 Å². The Labute approximate surface area is 123 Å². The third-order valence-corrected chi connectivity index (χ3v) is 3.63. The lowest BCUT2D eigenvalue weighted by Gasteiger charge is -2.03. The minimum Gasteiger partial charge on any atom is -0.299 e. The van der Waals surface area contributed by atoms with Gasteiger partial charge in [-0.3, -0.25) is 4.79 Å². The molecule has 0 heterocycles. The van der Waals surface area contributed by atoms with E-state index in [1.165, 1.54) is 0 Å². The maximum Gasteiger partial charge on any atom is 0.141 e. The van der Waals surface area contributed by atoms with E-state index in [0.29, 0.717) is 12.8 Å². The van der Waals surface area contributed by atoms with Crippen LogP contribution in [0.4, 0.5) is 0 Å². The van der Waals surface area contributed by atoms with Gasteiger partial charge < -0.3 is 0 Å². The van der Waals surface area contributed by atoms with Crippen molar-refractivity contribution >= 4 is 37.6 Å². The van der Waals surface area contributed by atoms with Crippen LogP contribution >= 0.6 is 31.9 Å². The largest absolute Gasteiger partial charge is 0.299 e. The van der Waals surface area contributed by atoms with E-state index >= 15 is 0 Å². The fraction of sp³-hybridized carbons (Fsp3) is 0.133. The highest BCUT2D eigenvalue weighted by atomic mass is 79.9. The zero-order valence-electron chi connectivity index (χ0n) is 9.70. The molecule has 2 rings (SSSR count). The molecule has 0 aliphatic carbocycles. The molecular weight excluding hydrogens is 356 g/mol. The van der Waals surface area contributed by atoms with E-state index < -0.39 is 0 Å². The van der Waals surface area contributed by atoms with Gasteiger partial charge in [0.15, 0.2) is 0 Å². The first-order valence-corrected chi connectivity index (χ1v) is 7.23. The Hall–Kier alpha value is -0.930. The molecule has 1 nitrogen and oxygen atoms in total. The van der Waals surface area contributed by atoms with Gasteiger partial charge in [-0.2, -0.15) is 0 Å². The fourth-order valence-electron chi connectivity index (χ4n) is 1.77. The average molecular weight is 368 g/mol. The quantitative estimate of drug-likeness (QED) is 0.773. The van der Waals surface area contributed by atoms with Crippen LogP contribution in [0.15, 0.2) is 57.5 Å². The standard InChI is InChI=1S/C15H12Br2O/c16-13-6-4-11(5-7-13)9-15(18)10-12-2-1-3-14(17)8-12/h1-8H,9-10H2. The van der Waals surface area contributed by atoms with E-state index in [1.807, 2.05) is 48.5 Å². The molecular formula is C15H12Br2O. The minimum absolute atomic E-state index is 0.232. The monoisotopic (exact) mass is 366 g/mol. The second-order valence-electron chi connectivity index (χ2n) is 4.15.